The Balaban J connectivity index is 1.95. The molecular weight excluding hydrogens is 350 g/mol. The lowest BCUT2D eigenvalue weighted by atomic mass is 9.89. The van der Waals surface area contributed by atoms with Crippen molar-refractivity contribution in [3.8, 4) is 11.3 Å². The van der Waals surface area contributed by atoms with Gasteiger partial charge in [-0.25, -0.2) is 9.97 Å². The summed E-state index contributed by atoms with van der Waals surface area (Å²) in [4.78, 5) is 23.6. The molecule has 5 heteroatoms. The molecule has 2 aromatic rings. The van der Waals surface area contributed by atoms with Gasteiger partial charge in [0.05, 0.1) is 24.4 Å². The standard InChI is InChI=1S/C23H31N3O2/c1-22(2,3)19-12-18(24-21(25-19)23(4,5)6)15-9-8-10-17(11-15)26-13-16(14-26)20(27)28-7/h8-12,16H,13-14H2,1-7H3. The molecule has 1 aliphatic heterocycles. The first-order valence-corrected chi connectivity index (χ1v) is 9.82. The van der Waals surface area contributed by atoms with E-state index in [0.717, 1.165) is 28.5 Å². The maximum Gasteiger partial charge on any atom is 0.312 e. The molecule has 1 fully saturated rings. The fraction of sp³-hybridized carbons (Fsp3) is 0.522. The molecular formula is C23H31N3O2. The lowest BCUT2D eigenvalue weighted by Crippen LogP contribution is -2.50. The fourth-order valence-electron chi connectivity index (χ4n) is 3.18. The number of rotatable bonds is 3. The molecule has 0 saturated carbocycles. The minimum atomic E-state index is -0.132. The third-order valence-corrected chi connectivity index (χ3v) is 5.09. The Kier molecular flexibility index (Phi) is 5.22. The van der Waals surface area contributed by atoms with Crippen LogP contribution < -0.4 is 4.90 Å². The zero-order valence-corrected chi connectivity index (χ0v) is 18.0. The van der Waals surface area contributed by atoms with Gasteiger partial charge >= 0.3 is 5.97 Å². The second-order valence-corrected chi connectivity index (χ2v) is 9.64. The first-order chi connectivity index (χ1) is 13.0. The Morgan fingerprint density at radius 3 is 2.29 bits per heavy atom. The first kappa shape index (κ1) is 20.3. The average Bonchev–Trinajstić information content (AvgIpc) is 2.58. The van der Waals surface area contributed by atoms with Crippen LogP contribution in [0.25, 0.3) is 11.3 Å². The van der Waals surface area contributed by atoms with Crippen molar-refractivity contribution in [2.24, 2.45) is 5.92 Å². The number of ether oxygens (including phenoxy) is 1. The van der Waals surface area contributed by atoms with E-state index < -0.39 is 0 Å². The third kappa shape index (κ3) is 4.18. The Bertz CT molecular complexity index is 840. The minimum absolute atomic E-state index is 0.0345. The Hall–Kier alpha value is -2.43. The molecule has 28 heavy (non-hydrogen) atoms. The van der Waals surface area contributed by atoms with E-state index in [9.17, 15) is 4.79 Å². The van der Waals surface area contributed by atoms with Gasteiger partial charge in [-0.2, -0.15) is 0 Å². The molecule has 5 nitrogen and oxygen atoms in total. The lowest BCUT2D eigenvalue weighted by molar-refractivity contribution is -0.146. The summed E-state index contributed by atoms with van der Waals surface area (Å²) in [5.74, 6) is 0.690. The summed E-state index contributed by atoms with van der Waals surface area (Å²) < 4.78 is 4.84. The van der Waals surface area contributed by atoms with Gasteiger partial charge in [-0.3, -0.25) is 4.79 Å². The van der Waals surface area contributed by atoms with Crippen LogP contribution in [-0.2, 0) is 20.4 Å². The number of aromatic nitrogens is 2. The highest BCUT2D eigenvalue weighted by atomic mass is 16.5. The number of carbonyl (C=O) groups is 1. The molecule has 0 atom stereocenters. The van der Waals surface area contributed by atoms with E-state index in [1.54, 1.807) is 0 Å². The van der Waals surface area contributed by atoms with Gasteiger partial charge in [-0.15, -0.1) is 0 Å². The van der Waals surface area contributed by atoms with E-state index >= 15 is 0 Å². The van der Waals surface area contributed by atoms with E-state index in [0.29, 0.717) is 13.1 Å². The number of nitrogens with zero attached hydrogens (tertiary/aromatic N) is 3. The van der Waals surface area contributed by atoms with Gasteiger partial charge < -0.3 is 9.64 Å². The maximum absolute atomic E-state index is 11.7. The zero-order chi connectivity index (χ0) is 20.7. The number of hydrogen-bond acceptors (Lipinski definition) is 5. The van der Waals surface area contributed by atoms with E-state index in [1.807, 2.05) is 6.07 Å². The minimum Gasteiger partial charge on any atom is -0.469 e. The molecule has 1 aromatic carbocycles. The van der Waals surface area contributed by atoms with Gasteiger partial charge in [0.2, 0.25) is 0 Å². The van der Waals surface area contributed by atoms with Gasteiger partial charge in [0.1, 0.15) is 5.82 Å². The molecule has 0 spiro atoms. The number of carbonyl (C=O) groups excluding carboxylic acids is 1. The lowest BCUT2D eigenvalue weighted by Gasteiger charge is -2.39. The van der Waals surface area contributed by atoms with Crippen LogP contribution in [0.5, 0.6) is 0 Å². The number of anilines is 1. The van der Waals surface area contributed by atoms with Crippen molar-refractivity contribution in [2.75, 3.05) is 25.1 Å². The van der Waals surface area contributed by atoms with E-state index in [2.05, 4.69) is 70.7 Å². The molecule has 1 saturated heterocycles. The Morgan fingerprint density at radius 1 is 1.04 bits per heavy atom. The van der Waals surface area contributed by atoms with Gasteiger partial charge in [0.25, 0.3) is 0 Å². The second-order valence-electron chi connectivity index (χ2n) is 9.64. The smallest absolute Gasteiger partial charge is 0.312 e. The van der Waals surface area contributed by atoms with Crippen molar-refractivity contribution in [3.63, 3.8) is 0 Å². The summed E-state index contributed by atoms with van der Waals surface area (Å²) in [6, 6.07) is 10.5. The number of methoxy groups -OCH3 is 1. The maximum atomic E-state index is 11.7. The number of esters is 1. The van der Waals surface area contributed by atoms with Crippen LogP contribution in [0, 0.1) is 5.92 Å². The predicted octanol–water partition coefficient (Wildman–Crippen LogP) is 4.35. The summed E-state index contributed by atoms with van der Waals surface area (Å²) in [7, 11) is 1.44. The summed E-state index contributed by atoms with van der Waals surface area (Å²) in [5, 5.41) is 0. The molecule has 1 aliphatic rings. The first-order valence-electron chi connectivity index (χ1n) is 9.82. The highest BCUT2D eigenvalue weighted by Gasteiger charge is 2.33. The van der Waals surface area contributed by atoms with Crippen molar-refractivity contribution >= 4 is 11.7 Å². The van der Waals surface area contributed by atoms with Crippen LogP contribution in [0.4, 0.5) is 5.69 Å². The van der Waals surface area contributed by atoms with Crippen LogP contribution in [0.1, 0.15) is 53.1 Å². The van der Waals surface area contributed by atoms with Crippen LogP contribution in [-0.4, -0.2) is 36.1 Å². The van der Waals surface area contributed by atoms with Crippen molar-refractivity contribution in [2.45, 2.75) is 52.4 Å². The normalized spacial score (nSPS) is 15.3. The summed E-state index contributed by atoms with van der Waals surface area (Å²) >= 11 is 0. The summed E-state index contributed by atoms with van der Waals surface area (Å²) in [6.45, 7) is 14.3. The molecule has 2 heterocycles. The summed E-state index contributed by atoms with van der Waals surface area (Å²) in [5.41, 5.74) is 3.97. The molecule has 1 aromatic heterocycles. The number of hydrogen-bond donors (Lipinski definition) is 0. The average molecular weight is 382 g/mol. The molecule has 0 bridgehead atoms. The van der Waals surface area contributed by atoms with Crippen molar-refractivity contribution in [1.82, 2.24) is 9.97 Å². The highest BCUT2D eigenvalue weighted by Crippen LogP contribution is 2.32. The topological polar surface area (TPSA) is 55.3 Å². The van der Waals surface area contributed by atoms with Gasteiger partial charge in [0.15, 0.2) is 0 Å². The van der Waals surface area contributed by atoms with Crippen molar-refractivity contribution in [3.05, 3.63) is 41.9 Å². The van der Waals surface area contributed by atoms with Crippen molar-refractivity contribution in [1.29, 1.82) is 0 Å². The highest BCUT2D eigenvalue weighted by molar-refractivity contribution is 5.77. The molecule has 0 N–H and O–H groups in total. The Morgan fingerprint density at radius 2 is 1.71 bits per heavy atom. The fourth-order valence-corrected chi connectivity index (χ4v) is 3.18. The zero-order valence-electron chi connectivity index (χ0n) is 18.0. The van der Waals surface area contributed by atoms with E-state index in [-0.39, 0.29) is 22.7 Å². The Labute approximate surface area is 168 Å². The van der Waals surface area contributed by atoms with Crippen LogP contribution >= 0.6 is 0 Å². The van der Waals surface area contributed by atoms with Crippen LogP contribution in [0.3, 0.4) is 0 Å². The van der Waals surface area contributed by atoms with E-state index in [4.69, 9.17) is 14.7 Å². The van der Waals surface area contributed by atoms with Crippen molar-refractivity contribution < 1.29 is 9.53 Å². The van der Waals surface area contributed by atoms with Crippen LogP contribution in [0.15, 0.2) is 30.3 Å². The van der Waals surface area contributed by atoms with Crippen LogP contribution in [0.2, 0.25) is 0 Å². The molecule has 0 unspecified atom stereocenters. The SMILES string of the molecule is COC(=O)C1CN(c2cccc(-c3cc(C(C)(C)C)nc(C(C)(C)C)n3)c2)C1. The molecule has 0 amide bonds. The quantitative estimate of drug-likeness (QED) is 0.740. The molecule has 150 valence electrons. The largest absolute Gasteiger partial charge is 0.469 e. The second kappa shape index (κ2) is 7.19. The molecule has 0 aliphatic carbocycles. The number of benzene rings is 1. The summed E-state index contributed by atoms with van der Waals surface area (Å²) in [6.07, 6.45) is 0. The predicted molar refractivity (Wildman–Crippen MR) is 113 cm³/mol. The monoisotopic (exact) mass is 381 g/mol. The molecule has 3 rings (SSSR count). The van der Waals surface area contributed by atoms with Gasteiger partial charge in [-0.05, 0) is 18.2 Å². The van der Waals surface area contributed by atoms with E-state index in [1.165, 1.54) is 7.11 Å². The molecule has 0 radical (unpaired) electrons. The van der Waals surface area contributed by atoms with Gasteiger partial charge in [-0.1, -0.05) is 53.7 Å². The van der Waals surface area contributed by atoms with Gasteiger partial charge in [0, 0.05) is 35.2 Å². The third-order valence-electron chi connectivity index (χ3n) is 5.09.